The van der Waals surface area contributed by atoms with Gasteiger partial charge >= 0.3 is 5.97 Å². The molecule has 124 valence electrons. The van der Waals surface area contributed by atoms with E-state index in [0.29, 0.717) is 24.2 Å². The molecule has 1 rings (SSSR count). The first-order valence-electron chi connectivity index (χ1n) is 7.48. The number of aliphatic hydroxyl groups excluding tert-OH is 1. The van der Waals surface area contributed by atoms with Gasteiger partial charge in [0, 0.05) is 7.11 Å². The normalized spacial score (nSPS) is 14.3. The first-order valence-corrected chi connectivity index (χ1v) is 7.48. The fraction of sp³-hybridized carbons (Fsp3) is 0.588. The lowest BCUT2D eigenvalue weighted by atomic mass is 9.99. The fourth-order valence-corrected chi connectivity index (χ4v) is 2.03. The summed E-state index contributed by atoms with van der Waals surface area (Å²) in [5, 5.41) is 10.4. The topological polar surface area (TPSA) is 65.0 Å². The Labute approximate surface area is 132 Å². The van der Waals surface area contributed by atoms with E-state index in [4.69, 9.17) is 14.2 Å². The Morgan fingerprint density at radius 3 is 2.14 bits per heavy atom. The van der Waals surface area contributed by atoms with Crippen molar-refractivity contribution in [2.24, 2.45) is 0 Å². The second-order valence-electron chi connectivity index (χ2n) is 5.45. The molecule has 1 aromatic carbocycles. The van der Waals surface area contributed by atoms with Gasteiger partial charge in [0.1, 0.15) is 17.5 Å². The van der Waals surface area contributed by atoms with Crippen LogP contribution in [0.25, 0.3) is 0 Å². The zero-order chi connectivity index (χ0) is 16.8. The molecule has 2 atom stereocenters. The number of hydrogen-bond donors (Lipinski definition) is 1. The predicted molar refractivity (Wildman–Crippen MR) is 83.8 cm³/mol. The summed E-state index contributed by atoms with van der Waals surface area (Å²) in [7, 11) is 2.95. The molecule has 0 aliphatic carbocycles. The quantitative estimate of drug-likeness (QED) is 0.748. The summed E-state index contributed by atoms with van der Waals surface area (Å²) in [5.74, 6) is 0.119. The van der Waals surface area contributed by atoms with Crippen LogP contribution in [0.3, 0.4) is 0 Å². The molecule has 0 radical (unpaired) electrons. The molecule has 0 spiro atoms. The van der Waals surface area contributed by atoms with Crippen LogP contribution in [0.15, 0.2) is 24.3 Å². The molecule has 0 aliphatic heterocycles. The predicted octanol–water partition coefficient (Wildman–Crippen LogP) is 2.87. The van der Waals surface area contributed by atoms with Gasteiger partial charge in [-0.2, -0.15) is 0 Å². The highest BCUT2D eigenvalue weighted by atomic mass is 16.6. The Morgan fingerprint density at radius 2 is 1.73 bits per heavy atom. The van der Waals surface area contributed by atoms with Gasteiger partial charge in [-0.1, -0.05) is 26.0 Å². The van der Waals surface area contributed by atoms with Crippen molar-refractivity contribution in [3.05, 3.63) is 29.8 Å². The summed E-state index contributed by atoms with van der Waals surface area (Å²) in [6, 6.07) is 6.83. The molecule has 0 heterocycles. The molecule has 22 heavy (non-hydrogen) atoms. The highest BCUT2D eigenvalue weighted by Gasteiger charge is 2.34. The average Bonchev–Trinajstić information content (AvgIpc) is 2.55. The van der Waals surface area contributed by atoms with E-state index in [9.17, 15) is 9.90 Å². The summed E-state index contributed by atoms with van der Waals surface area (Å²) in [6.45, 7) is 5.79. The first-order chi connectivity index (χ1) is 10.4. The van der Waals surface area contributed by atoms with E-state index in [1.54, 1.807) is 31.4 Å². The van der Waals surface area contributed by atoms with E-state index in [-0.39, 0.29) is 0 Å². The Morgan fingerprint density at radius 1 is 1.18 bits per heavy atom. The summed E-state index contributed by atoms with van der Waals surface area (Å²) in [5.41, 5.74) is 0.0207. The van der Waals surface area contributed by atoms with Crippen molar-refractivity contribution in [1.82, 2.24) is 0 Å². The van der Waals surface area contributed by atoms with Crippen LogP contribution in [-0.2, 0) is 14.3 Å². The largest absolute Gasteiger partial charge is 0.497 e. The van der Waals surface area contributed by atoms with Crippen LogP contribution in [0.1, 0.15) is 45.3 Å². The summed E-state index contributed by atoms with van der Waals surface area (Å²) >= 11 is 0. The van der Waals surface area contributed by atoms with Crippen molar-refractivity contribution in [1.29, 1.82) is 0 Å². The standard InChI is InChI=1S/C17H26O5/c1-6-17(3,7-2)22-16(19)15(21-5)14(18)12-8-10-13(20-4)11-9-12/h8-11,14-15,18H,6-7H2,1-5H3/t14-,15-/m0/s1. The maximum atomic E-state index is 12.3. The van der Waals surface area contributed by atoms with Gasteiger partial charge in [0.25, 0.3) is 0 Å². The minimum atomic E-state index is -1.10. The van der Waals surface area contributed by atoms with Crippen LogP contribution in [-0.4, -0.2) is 37.0 Å². The molecule has 0 saturated carbocycles. The molecule has 0 aliphatic rings. The second-order valence-corrected chi connectivity index (χ2v) is 5.45. The fourth-order valence-electron chi connectivity index (χ4n) is 2.03. The zero-order valence-corrected chi connectivity index (χ0v) is 14.0. The maximum absolute atomic E-state index is 12.3. The number of esters is 1. The van der Waals surface area contributed by atoms with E-state index in [0.717, 1.165) is 0 Å². The molecule has 1 N–H and O–H groups in total. The Kier molecular flexibility index (Phi) is 6.84. The molecule has 0 unspecified atom stereocenters. The van der Waals surface area contributed by atoms with Crippen molar-refractivity contribution < 1.29 is 24.1 Å². The number of ether oxygens (including phenoxy) is 3. The lowest BCUT2D eigenvalue weighted by Gasteiger charge is -2.30. The third-order valence-corrected chi connectivity index (χ3v) is 4.07. The number of carbonyl (C=O) groups excluding carboxylic acids is 1. The third-order valence-electron chi connectivity index (χ3n) is 4.07. The number of aliphatic hydroxyl groups is 1. The molecule has 0 bridgehead atoms. The van der Waals surface area contributed by atoms with E-state index in [1.807, 2.05) is 20.8 Å². The van der Waals surface area contributed by atoms with Gasteiger partial charge in [-0.25, -0.2) is 4.79 Å². The van der Waals surface area contributed by atoms with Crippen molar-refractivity contribution in [3.8, 4) is 5.75 Å². The molecular formula is C17H26O5. The Hall–Kier alpha value is -1.59. The summed E-state index contributed by atoms with van der Waals surface area (Å²) in [4.78, 5) is 12.3. The first kappa shape index (κ1) is 18.5. The molecule has 1 aromatic rings. The van der Waals surface area contributed by atoms with Crippen molar-refractivity contribution in [2.75, 3.05) is 14.2 Å². The lowest BCUT2D eigenvalue weighted by Crippen LogP contribution is -2.39. The van der Waals surface area contributed by atoms with E-state index < -0.39 is 23.8 Å². The van der Waals surface area contributed by atoms with Gasteiger partial charge in [-0.3, -0.25) is 0 Å². The van der Waals surface area contributed by atoms with Crippen LogP contribution in [0, 0.1) is 0 Å². The average molecular weight is 310 g/mol. The van der Waals surface area contributed by atoms with Gasteiger partial charge < -0.3 is 19.3 Å². The monoisotopic (exact) mass is 310 g/mol. The summed E-state index contributed by atoms with van der Waals surface area (Å²) < 4.78 is 15.8. The minimum absolute atomic E-state index is 0.548. The lowest BCUT2D eigenvalue weighted by molar-refractivity contribution is -0.177. The molecule has 0 fully saturated rings. The van der Waals surface area contributed by atoms with Crippen molar-refractivity contribution >= 4 is 5.97 Å². The minimum Gasteiger partial charge on any atom is -0.497 e. The Bertz CT molecular complexity index is 464. The number of hydrogen-bond acceptors (Lipinski definition) is 5. The number of rotatable bonds is 8. The number of methoxy groups -OCH3 is 2. The van der Waals surface area contributed by atoms with Crippen LogP contribution >= 0.6 is 0 Å². The highest BCUT2D eigenvalue weighted by molar-refractivity contribution is 5.76. The van der Waals surface area contributed by atoms with Gasteiger partial charge in [0.05, 0.1) is 7.11 Å². The SMILES string of the molecule is CCC(C)(CC)OC(=O)[C@@H](OC)[C@@H](O)c1ccc(OC)cc1. The second kappa shape index (κ2) is 8.15. The van der Waals surface area contributed by atoms with Crippen molar-refractivity contribution in [3.63, 3.8) is 0 Å². The Balaban J connectivity index is 2.86. The van der Waals surface area contributed by atoms with E-state index in [1.165, 1.54) is 7.11 Å². The molecule has 5 heteroatoms. The van der Waals surface area contributed by atoms with E-state index >= 15 is 0 Å². The van der Waals surface area contributed by atoms with Crippen LogP contribution in [0.4, 0.5) is 0 Å². The third kappa shape index (κ3) is 4.45. The molecule has 0 saturated heterocycles. The van der Waals surface area contributed by atoms with Crippen LogP contribution < -0.4 is 4.74 Å². The smallest absolute Gasteiger partial charge is 0.338 e. The van der Waals surface area contributed by atoms with Crippen LogP contribution in [0.5, 0.6) is 5.75 Å². The number of benzene rings is 1. The molecule has 0 amide bonds. The van der Waals surface area contributed by atoms with Gasteiger partial charge in [-0.15, -0.1) is 0 Å². The molecule has 0 aromatic heterocycles. The van der Waals surface area contributed by atoms with Crippen molar-refractivity contribution in [2.45, 2.75) is 51.4 Å². The van der Waals surface area contributed by atoms with Crippen LogP contribution in [0.2, 0.25) is 0 Å². The molecule has 5 nitrogen and oxygen atoms in total. The van der Waals surface area contributed by atoms with E-state index in [2.05, 4.69) is 0 Å². The molecular weight excluding hydrogens is 284 g/mol. The summed E-state index contributed by atoms with van der Waals surface area (Å²) in [6.07, 6.45) is -0.763. The number of carbonyl (C=O) groups is 1. The zero-order valence-electron chi connectivity index (χ0n) is 14.0. The van der Waals surface area contributed by atoms with Gasteiger partial charge in [-0.05, 0) is 37.5 Å². The highest BCUT2D eigenvalue weighted by Crippen LogP contribution is 2.26. The maximum Gasteiger partial charge on any atom is 0.338 e. The van der Waals surface area contributed by atoms with Gasteiger partial charge in [0.2, 0.25) is 0 Å². The van der Waals surface area contributed by atoms with Gasteiger partial charge in [0.15, 0.2) is 6.10 Å².